The summed E-state index contributed by atoms with van der Waals surface area (Å²) in [7, 11) is 0. The van der Waals surface area contributed by atoms with Crippen molar-refractivity contribution >= 4 is 0 Å². The van der Waals surface area contributed by atoms with Gasteiger partial charge in [0, 0.05) is 17.4 Å². The Bertz CT molecular complexity index is 354. The van der Waals surface area contributed by atoms with Crippen LogP contribution in [0.25, 0.3) is 0 Å². The van der Waals surface area contributed by atoms with Crippen LogP contribution in [-0.4, -0.2) is 0 Å². The summed E-state index contributed by atoms with van der Waals surface area (Å²) in [6.45, 7) is 17.1. The average Bonchev–Trinajstić information content (AvgIpc) is 2.82. The first-order valence-corrected chi connectivity index (χ1v) is 5.84. The molecule has 0 radical (unpaired) electrons. The van der Waals surface area contributed by atoms with Gasteiger partial charge in [-0.2, -0.15) is 0 Å². The molecule has 0 aromatic heterocycles. The van der Waals surface area contributed by atoms with Crippen molar-refractivity contribution in [1.82, 2.24) is 0 Å². The number of hydrogen-bond donors (Lipinski definition) is 0. The Morgan fingerprint density at radius 3 is 1.81 bits per heavy atom. The molecule has 0 unspecified atom stereocenters. The minimum atomic E-state index is 0. The fourth-order valence-electron chi connectivity index (χ4n) is 1.46. The Kier molecular flexibility index (Phi) is 41.0. The van der Waals surface area contributed by atoms with Crippen LogP contribution in [0, 0.1) is 25.9 Å². The predicted molar refractivity (Wildman–Crippen MR) is 75.9 cm³/mol. The average molecular weight is 322 g/mol. The quantitative estimate of drug-likeness (QED) is 0.317. The summed E-state index contributed by atoms with van der Waals surface area (Å²) < 4.78 is 22.5. The molecule has 0 aromatic carbocycles. The van der Waals surface area contributed by atoms with E-state index in [2.05, 4.69) is 69.1 Å². The summed E-state index contributed by atoms with van der Waals surface area (Å²) in [6, 6.07) is 0. The van der Waals surface area contributed by atoms with Crippen molar-refractivity contribution in [2.24, 2.45) is 5.92 Å². The van der Waals surface area contributed by atoms with Gasteiger partial charge in [-0.25, -0.2) is 0 Å². The first-order chi connectivity index (χ1) is 9.93. The maximum Gasteiger partial charge on any atom is 0 e. The Hall–Kier alpha value is -1.55. The molecule has 0 amide bonds. The number of rotatable bonds is 5. The molecule has 0 heterocycles. The molecular weight excluding hydrogens is 304 g/mol. The van der Waals surface area contributed by atoms with Crippen LogP contribution in [0.2, 0.25) is 0 Å². The van der Waals surface area contributed by atoms with Crippen LogP contribution in [0.4, 0.5) is 0 Å². The zero-order valence-electron chi connectivity index (χ0n) is 11.7. The third kappa shape index (κ3) is 23.9. The Morgan fingerprint density at radius 1 is 0.905 bits per heavy atom. The van der Waals surface area contributed by atoms with Gasteiger partial charge in [0.1, 0.15) is 0 Å². The van der Waals surface area contributed by atoms with Gasteiger partial charge in [-0.1, -0.05) is 61.3 Å². The molecular formula is C17H18CrO3. The molecule has 0 spiro atoms. The summed E-state index contributed by atoms with van der Waals surface area (Å²) >= 11 is 0. The van der Waals surface area contributed by atoms with Crippen molar-refractivity contribution < 1.29 is 31.3 Å². The maximum absolute atomic E-state index is 7.50. The van der Waals surface area contributed by atoms with Gasteiger partial charge >= 0.3 is 33.9 Å². The standard InChI is InChI=1S/C14H18.3CO.Cr/c1-2-3-4-5-8-11-14-12-9-6-7-10-13-14;3*1-2;/h2-4,6-7,9-10,12-14H,1,5,8,11H2;;;;/b4-3+;;;;. The van der Waals surface area contributed by atoms with Crippen LogP contribution in [0.15, 0.2) is 61.3 Å². The topological polar surface area (TPSA) is 59.7 Å². The van der Waals surface area contributed by atoms with Gasteiger partial charge in [0.25, 0.3) is 0 Å². The molecule has 0 N–H and O–H groups in total. The molecule has 0 aromatic rings. The molecule has 1 aliphatic carbocycles. The zero-order chi connectivity index (χ0) is 16.1. The van der Waals surface area contributed by atoms with E-state index in [0.717, 1.165) is 6.42 Å². The van der Waals surface area contributed by atoms with Crippen molar-refractivity contribution in [2.45, 2.75) is 19.3 Å². The van der Waals surface area contributed by atoms with Crippen LogP contribution >= 0.6 is 0 Å². The molecule has 1 aliphatic rings. The second-order valence-corrected chi connectivity index (χ2v) is 3.41. The van der Waals surface area contributed by atoms with Gasteiger partial charge in [0.05, 0.1) is 0 Å². The van der Waals surface area contributed by atoms with E-state index in [0.29, 0.717) is 5.92 Å². The van der Waals surface area contributed by atoms with Crippen LogP contribution in [0.5, 0.6) is 0 Å². The largest absolute Gasteiger partial charge is 0 e. The fourth-order valence-corrected chi connectivity index (χ4v) is 1.46. The second-order valence-electron chi connectivity index (χ2n) is 3.41. The fraction of sp³-hybridized carbons (Fsp3) is 0.235. The third-order valence-corrected chi connectivity index (χ3v) is 2.23. The molecule has 0 bridgehead atoms. The Morgan fingerprint density at radius 2 is 1.38 bits per heavy atom. The number of allylic oxidation sites excluding steroid dienone is 9. The second kappa shape index (κ2) is 31.1. The molecule has 3 nitrogen and oxygen atoms in total. The first kappa shape index (κ1) is 27.7. The van der Waals surface area contributed by atoms with Crippen LogP contribution < -0.4 is 0 Å². The van der Waals surface area contributed by atoms with E-state index in [1.807, 2.05) is 12.2 Å². The van der Waals surface area contributed by atoms with E-state index in [1.54, 1.807) is 0 Å². The molecule has 0 saturated heterocycles. The molecule has 4 heteroatoms. The van der Waals surface area contributed by atoms with Gasteiger partial charge in [0.15, 0.2) is 0 Å². The number of hydrogen-bond acceptors (Lipinski definition) is 0. The minimum Gasteiger partial charge on any atom is 0 e. The molecule has 0 aliphatic heterocycles. The summed E-state index contributed by atoms with van der Waals surface area (Å²) in [5.74, 6) is 0.613. The van der Waals surface area contributed by atoms with E-state index in [4.69, 9.17) is 14.0 Å². The van der Waals surface area contributed by atoms with Crippen LogP contribution in [-0.2, 0) is 31.3 Å². The smallest absolute Gasteiger partial charge is 0 e. The third-order valence-electron chi connectivity index (χ3n) is 2.23. The van der Waals surface area contributed by atoms with Crippen molar-refractivity contribution in [3.63, 3.8) is 0 Å². The van der Waals surface area contributed by atoms with Crippen molar-refractivity contribution in [3.8, 4) is 0 Å². The van der Waals surface area contributed by atoms with E-state index < -0.39 is 0 Å². The normalized spacial score (nSPS) is 11.1. The maximum atomic E-state index is 7.50. The number of unbranched alkanes of at least 4 members (excludes halogenated alkanes) is 1. The SMILES string of the molecule is C=C/C=C/CCCC1C=CC=CC=C1.[C-]#[O+].[C-]#[O+].[C-]#[O+].[Cr]. The zero-order valence-corrected chi connectivity index (χ0v) is 13.0. The van der Waals surface area contributed by atoms with E-state index in [-0.39, 0.29) is 17.4 Å². The van der Waals surface area contributed by atoms with Gasteiger partial charge < -0.3 is 0 Å². The van der Waals surface area contributed by atoms with E-state index in [1.165, 1.54) is 12.8 Å². The van der Waals surface area contributed by atoms with Gasteiger partial charge in [0.2, 0.25) is 0 Å². The molecule has 0 fully saturated rings. The van der Waals surface area contributed by atoms with Crippen LogP contribution in [0.1, 0.15) is 19.3 Å². The molecule has 1 rings (SSSR count). The summed E-state index contributed by atoms with van der Waals surface area (Å²) in [6.07, 6.45) is 22.6. The van der Waals surface area contributed by atoms with E-state index >= 15 is 0 Å². The van der Waals surface area contributed by atoms with Gasteiger partial charge in [-0.3, -0.25) is 0 Å². The van der Waals surface area contributed by atoms with Gasteiger partial charge in [-0.05, 0) is 25.2 Å². The van der Waals surface area contributed by atoms with Crippen LogP contribution in [0.3, 0.4) is 0 Å². The Balaban J connectivity index is -0.000000183. The molecule has 21 heavy (non-hydrogen) atoms. The van der Waals surface area contributed by atoms with Gasteiger partial charge in [-0.15, -0.1) is 0 Å². The van der Waals surface area contributed by atoms with Crippen molar-refractivity contribution in [2.75, 3.05) is 0 Å². The Labute approximate surface area is 138 Å². The van der Waals surface area contributed by atoms with E-state index in [9.17, 15) is 0 Å². The monoisotopic (exact) mass is 322 g/mol. The van der Waals surface area contributed by atoms with Crippen molar-refractivity contribution in [3.05, 3.63) is 81.2 Å². The predicted octanol–water partition coefficient (Wildman–Crippen LogP) is 4.08. The minimum absolute atomic E-state index is 0. The summed E-state index contributed by atoms with van der Waals surface area (Å²) in [4.78, 5) is 0. The summed E-state index contributed by atoms with van der Waals surface area (Å²) in [5.41, 5.74) is 0. The molecule has 0 saturated carbocycles. The molecule has 110 valence electrons. The first-order valence-electron chi connectivity index (χ1n) is 5.84. The summed E-state index contributed by atoms with van der Waals surface area (Å²) in [5, 5.41) is 0. The molecule has 0 atom stereocenters. The van der Waals surface area contributed by atoms with Crippen molar-refractivity contribution in [1.29, 1.82) is 0 Å².